The van der Waals surface area contributed by atoms with Crippen LogP contribution in [0.1, 0.15) is 42.0 Å². The standard InChI is InChI=1S/C24H20F2N2O5/c1-13-5-8-19(27-20(13)14-3-2-4-15(11-14)21(29)30)28-22(31)23(9-10-23)16-6-7-17-18(12-16)33-24(25,26)32-17/h2-8,12,14H,9-11H2,1H3,(H,29,30)(H,27,28,31). The van der Waals surface area contributed by atoms with Crippen molar-refractivity contribution in [3.63, 3.8) is 0 Å². The zero-order valence-electron chi connectivity index (χ0n) is 17.6. The van der Waals surface area contributed by atoms with Crippen molar-refractivity contribution in [1.82, 2.24) is 4.98 Å². The largest absolute Gasteiger partial charge is 0.586 e. The van der Waals surface area contributed by atoms with E-state index in [1.165, 1.54) is 12.1 Å². The number of aryl methyl sites for hydroxylation is 1. The maximum absolute atomic E-state index is 13.3. The molecule has 2 N–H and O–H groups in total. The van der Waals surface area contributed by atoms with Gasteiger partial charge in [0.1, 0.15) is 5.82 Å². The number of nitrogens with one attached hydrogen (secondary N) is 1. The highest BCUT2D eigenvalue weighted by Gasteiger charge is 2.53. The molecule has 1 aliphatic heterocycles. The molecule has 0 radical (unpaired) electrons. The fourth-order valence-corrected chi connectivity index (χ4v) is 4.27. The quantitative estimate of drug-likeness (QED) is 0.694. The van der Waals surface area contributed by atoms with E-state index in [4.69, 9.17) is 0 Å². The maximum atomic E-state index is 13.3. The zero-order valence-corrected chi connectivity index (χ0v) is 17.6. The van der Waals surface area contributed by atoms with Gasteiger partial charge in [0.25, 0.3) is 0 Å². The molecule has 7 nitrogen and oxygen atoms in total. The van der Waals surface area contributed by atoms with Crippen LogP contribution in [0, 0.1) is 6.92 Å². The number of carboxylic acids is 1. The van der Waals surface area contributed by atoms with Gasteiger partial charge in [-0.25, -0.2) is 9.78 Å². The summed E-state index contributed by atoms with van der Waals surface area (Å²) in [7, 11) is 0. The van der Waals surface area contributed by atoms with Crippen molar-refractivity contribution in [1.29, 1.82) is 0 Å². The molecule has 0 saturated heterocycles. The van der Waals surface area contributed by atoms with Crippen molar-refractivity contribution >= 4 is 17.7 Å². The first-order chi connectivity index (χ1) is 15.7. The first-order valence-corrected chi connectivity index (χ1v) is 10.5. The van der Waals surface area contributed by atoms with Crippen LogP contribution in [0.3, 0.4) is 0 Å². The van der Waals surface area contributed by atoms with Gasteiger partial charge in [0.15, 0.2) is 11.5 Å². The minimum atomic E-state index is -3.72. The normalized spacial score (nSPS) is 21.3. The van der Waals surface area contributed by atoms with Gasteiger partial charge in [-0.3, -0.25) is 4.79 Å². The fourth-order valence-electron chi connectivity index (χ4n) is 4.27. The average Bonchev–Trinajstić information content (AvgIpc) is 3.52. The van der Waals surface area contributed by atoms with Crippen LogP contribution in [-0.2, 0) is 15.0 Å². The second-order valence-corrected chi connectivity index (χ2v) is 8.46. The Morgan fingerprint density at radius 1 is 1.15 bits per heavy atom. The SMILES string of the molecule is Cc1ccc(NC(=O)C2(c3ccc4c(c3)OC(F)(F)O4)CC2)nc1C1C=CC=C(C(=O)O)C1. The van der Waals surface area contributed by atoms with Crippen LogP contribution in [0.2, 0.25) is 0 Å². The molecule has 5 rings (SSSR count). The smallest absolute Gasteiger partial charge is 0.478 e. The molecule has 3 aliphatic rings. The van der Waals surface area contributed by atoms with Gasteiger partial charge in [0.2, 0.25) is 5.91 Å². The van der Waals surface area contributed by atoms with Crippen LogP contribution >= 0.6 is 0 Å². The van der Waals surface area contributed by atoms with Crippen molar-refractivity contribution in [3.05, 3.63) is 71.0 Å². The molecule has 1 unspecified atom stereocenters. The molecule has 1 aromatic carbocycles. The van der Waals surface area contributed by atoms with Gasteiger partial charge >= 0.3 is 12.3 Å². The maximum Gasteiger partial charge on any atom is 0.586 e. The Bertz CT molecular complexity index is 1230. The molecule has 9 heteroatoms. The molecule has 1 amide bonds. The van der Waals surface area contributed by atoms with Crippen LogP contribution in [0.5, 0.6) is 11.5 Å². The molecule has 33 heavy (non-hydrogen) atoms. The number of anilines is 1. The van der Waals surface area contributed by atoms with Gasteiger partial charge in [-0.05, 0) is 55.5 Å². The van der Waals surface area contributed by atoms with Crippen LogP contribution in [0.25, 0.3) is 0 Å². The summed E-state index contributed by atoms with van der Waals surface area (Å²) in [6.45, 7) is 1.88. The third-order valence-electron chi connectivity index (χ3n) is 6.22. The highest BCUT2D eigenvalue weighted by Crippen LogP contribution is 2.52. The van der Waals surface area contributed by atoms with Gasteiger partial charge in [0, 0.05) is 11.5 Å². The predicted octanol–water partition coefficient (Wildman–Crippen LogP) is 4.44. The predicted molar refractivity (Wildman–Crippen MR) is 113 cm³/mol. The number of carbonyl (C=O) groups excluding carboxylic acids is 1. The van der Waals surface area contributed by atoms with E-state index >= 15 is 0 Å². The number of rotatable bonds is 5. The minimum Gasteiger partial charge on any atom is -0.478 e. The minimum absolute atomic E-state index is 0.0693. The van der Waals surface area contributed by atoms with Gasteiger partial charge in [-0.15, -0.1) is 8.78 Å². The highest BCUT2D eigenvalue weighted by molar-refractivity contribution is 6.01. The molecule has 2 aliphatic carbocycles. The summed E-state index contributed by atoms with van der Waals surface area (Å²) in [6, 6.07) is 7.91. The number of hydrogen-bond acceptors (Lipinski definition) is 5. The Labute approximate surface area is 187 Å². The molecule has 2 aromatic rings. The molecular formula is C24H20F2N2O5. The van der Waals surface area contributed by atoms with Gasteiger partial charge in [-0.1, -0.05) is 30.4 Å². The first kappa shape index (κ1) is 21.1. The van der Waals surface area contributed by atoms with E-state index < -0.39 is 17.7 Å². The Balaban J connectivity index is 1.36. The Morgan fingerprint density at radius 2 is 1.91 bits per heavy atom. The lowest BCUT2D eigenvalue weighted by Gasteiger charge is -2.20. The van der Waals surface area contributed by atoms with E-state index in [1.807, 2.05) is 19.1 Å². The molecule has 0 spiro atoms. The molecule has 1 atom stereocenters. The molecule has 0 bridgehead atoms. The van der Waals surface area contributed by atoms with Gasteiger partial charge < -0.3 is 19.9 Å². The summed E-state index contributed by atoms with van der Waals surface area (Å²) in [4.78, 5) is 29.1. The van der Waals surface area contributed by atoms with Crippen molar-refractivity contribution in [3.8, 4) is 11.5 Å². The van der Waals surface area contributed by atoms with E-state index in [1.54, 1.807) is 24.3 Å². The van der Waals surface area contributed by atoms with E-state index in [9.17, 15) is 23.5 Å². The zero-order chi connectivity index (χ0) is 23.4. The van der Waals surface area contributed by atoms with Crippen LogP contribution in [0.15, 0.2) is 54.1 Å². The van der Waals surface area contributed by atoms with E-state index in [0.29, 0.717) is 41.9 Å². The number of aliphatic carboxylic acids is 1. The summed E-state index contributed by atoms with van der Waals surface area (Å²) in [5, 5.41) is 12.1. The van der Waals surface area contributed by atoms with Crippen LogP contribution in [0.4, 0.5) is 14.6 Å². The Morgan fingerprint density at radius 3 is 2.64 bits per heavy atom. The molecule has 2 heterocycles. The molecular weight excluding hydrogens is 434 g/mol. The topological polar surface area (TPSA) is 97.8 Å². The van der Waals surface area contributed by atoms with Crippen molar-refractivity contribution in [2.24, 2.45) is 0 Å². The van der Waals surface area contributed by atoms with Gasteiger partial charge in [-0.2, -0.15) is 0 Å². The number of carbonyl (C=O) groups is 2. The summed E-state index contributed by atoms with van der Waals surface area (Å²) in [6.07, 6.45) is 2.87. The first-order valence-electron chi connectivity index (χ1n) is 10.5. The monoisotopic (exact) mass is 454 g/mol. The number of halogens is 2. The number of aromatic nitrogens is 1. The number of amides is 1. The summed E-state index contributed by atoms with van der Waals surface area (Å²) in [5.41, 5.74) is 1.58. The number of pyridine rings is 1. The third-order valence-corrected chi connectivity index (χ3v) is 6.22. The Kier molecular flexibility index (Phi) is 4.73. The summed E-state index contributed by atoms with van der Waals surface area (Å²) >= 11 is 0. The second kappa shape index (κ2) is 7.40. The van der Waals surface area contributed by atoms with Crippen LogP contribution < -0.4 is 14.8 Å². The van der Waals surface area contributed by atoms with Crippen molar-refractivity contribution < 1.29 is 33.0 Å². The van der Waals surface area contributed by atoms with Gasteiger partial charge in [0.05, 0.1) is 11.1 Å². The number of nitrogens with zero attached hydrogens (tertiary/aromatic N) is 1. The fraction of sp³-hybridized carbons (Fsp3) is 0.292. The molecule has 1 aromatic heterocycles. The number of fused-ring (bicyclic) bond motifs is 1. The second-order valence-electron chi connectivity index (χ2n) is 8.46. The number of allylic oxidation sites excluding steroid dienone is 3. The highest BCUT2D eigenvalue weighted by atomic mass is 19.3. The number of benzene rings is 1. The van der Waals surface area contributed by atoms with E-state index in [2.05, 4.69) is 19.8 Å². The summed E-state index contributed by atoms with van der Waals surface area (Å²) in [5.74, 6) is -1.30. The molecule has 1 saturated carbocycles. The van der Waals surface area contributed by atoms with E-state index in [0.717, 1.165) is 5.56 Å². The number of carboxylic acid groups (broad SMARTS) is 1. The van der Waals surface area contributed by atoms with Crippen LogP contribution in [-0.4, -0.2) is 28.3 Å². The lowest BCUT2D eigenvalue weighted by Crippen LogP contribution is -2.28. The average molecular weight is 454 g/mol. The lowest BCUT2D eigenvalue weighted by atomic mass is 9.89. The number of alkyl halides is 2. The summed E-state index contributed by atoms with van der Waals surface area (Å²) < 4.78 is 35.6. The lowest BCUT2D eigenvalue weighted by molar-refractivity contribution is -0.286. The van der Waals surface area contributed by atoms with Crippen molar-refractivity contribution in [2.45, 2.75) is 43.8 Å². The van der Waals surface area contributed by atoms with E-state index in [-0.39, 0.29) is 23.3 Å². The molecule has 1 fully saturated rings. The Hall–Kier alpha value is -3.75. The number of hydrogen-bond donors (Lipinski definition) is 2. The van der Waals surface area contributed by atoms with Crippen molar-refractivity contribution in [2.75, 3.05) is 5.32 Å². The number of ether oxygens (including phenoxy) is 2. The molecule has 170 valence electrons. The third kappa shape index (κ3) is 3.83.